The van der Waals surface area contributed by atoms with Crippen LogP contribution < -0.4 is 11.1 Å². The van der Waals surface area contributed by atoms with Gasteiger partial charge in [-0.3, -0.25) is 9.59 Å². The van der Waals surface area contributed by atoms with Crippen LogP contribution in [0.1, 0.15) is 30.6 Å². The summed E-state index contributed by atoms with van der Waals surface area (Å²) in [6, 6.07) is 1.64. The van der Waals surface area contributed by atoms with Gasteiger partial charge in [-0.15, -0.1) is 0 Å². The third-order valence-corrected chi connectivity index (χ3v) is 2.59. The topological polar surface area (TPSA) is 72.2 Å². The number of halogens is 2. The van der Waals surface area contributed by atoms with Gasteiger partial charge in [0.25, 0.3) is 5.91 Å². The summed E-state index contributed by atoms with van der Waals surface area (Å²) in [7, 11) is 0. The predicted octanol–water partition coefficient (Wildman–Crippen LogP) is 1.90. The Morgan fingerprint density at radius 2 is 2.00 bits per heavy atom. The molecule has 1 rings (SSSR count). The largest absolute Gasteiger partial charge is 0.368 e. The molecular formula is C14H16F2N2O2. The van der Waals surface area contributed by atoms with Crippen LogP contribution in [0.5, 0.6) is 0 Å². The van der Waals surface area contributed by atoms with Crippen LogP contribution in [-0.2, 0) is 4.79 Å². The number of rotatable bonds is 5. The lowest BCUT2D eigenvalue weighted by Gasteiger charge is -2.14. The first-order valence-corrected chi connectivity index (χ1v) is 6.00. The van der Waals surface area contributed by atoms with Crippen LogP contribution in [-0.4, -0.2) is 17.9 Å². The lowest BCUT2D eigenvalue weighted by molar-refractivity contribution is -0.119. The number of hydrogen-bond acceptors (Lipinski definition) is 2. The van der Waals surface area contributed by atoms with Gasteiger partial charge in [0.05, 0.1) is 5.56 Å². The lowest BCUT2D eigenvalue weighted by Crippen LogP contribution is -2.44. The van der Waals surface area contributed by atoms with Gasteiger partial charge in [-0.25, -0.2) is 8.78 Å². The highest BCUT2D eigenvalue weighted by molar-refractivity contribution is 5.97. The molecule has 2 amide bonds. The number of carbonyl (C=O) groups is 2. The predicted molar refractivity (Wildman–Crippen MR) is 70.9 cm³/mol. The second-order valence-electron chi connectivity index (χ2n) is 4.57. The van der Waals surface area contributed by atoms with Crippen LogP contribution in [0.15, 0.2) is 29.8 Å². The van der Waals surface area contributed by atoms with Crippen LogP contribution in [0.3, 0.4) is 0 Å². The fourth-order valence-electron chi connectivity index (χ4n) is 1.51. The second-order valence-corrected chi connectivity index (χ2v) is 4.57. The highest BCUT2D eigenvalue weighted by atomic mass is 19.1. The van der Waals surface area contributed by atoms with Gasteiger partial charge in [0.2, 0.25) is 5.91 Å². The summed E-state index contributed by atoms with van der Waals surface area (Å²) >= 11 is 0. The van der Waals surface area contributed by atoms with Gasteiger partial charge in [-0.2, -0.15) is 0 Å². The number of hydrogen-bond donors (Lipinski definition) is 2. The Morgan fingerprint density at radius 3 is 2.50 bits per heavy atom. The zero-order valence-electron chi connectivity index (χ0n) is 11.2. The van der Waals surface area contributed by atoms with Crippen LogP contribution in [0.25, 0.3) is 0 Å². The molecule has 4 nitrogen and oxygen atoms in total. The van der Waals surface area contributed by atoms with E-state index in [1.807, 2.05) is 13.8 Å². The van der Waals surface area contributed by atoms with Gasteiger partial charge in [-0.05, 0) is 32.4 Å². The molecule has 0 aliphatic heterocycles. The first-order valence-electron chi connectivity index (χ1n) is 6.00. The number of carbonyl (C=O) groups excluding carboxylic acids is 2. The molecule has 0 saturated heterocycles. The van der Waals surface area contributed by atoms with E-state index in [1.54, 1.807) is 6.08 Å². The van der Waals surface area contributed by atoms with Crippen LogP contribution in [0.2, 0.25) is 0 Å². The number of primary amides is 1. The molecule has 0 radical (unpaired) electrons. The fourth-order valence-corrected chi connectivity index (χ4v) is 1.51. The maximum absolute atomic E-state index is 13.4. The average Bonchev–Trinajstić information content (AvgIpc) is 2.33. The molecule has 108 valence electrons. The van der Waals surface area contributed by atoms with E-state index in [4.69, 9.17) is 5.73 Å². The summed E-state index contributed by atoms with van der Waals surface area (Å²) in [4.78, 5) is 23.1. The second kappa shape index (κ2) is 6.79. The Kier molecular flexibility index (Phi) is 5.37. The molecule has 0 aliphatic rings. The molecule has 0 saturated carbocycles. The summed E-state index contributed by atoms with van der Waals surface area (Å²) in [5.41, 5.74) is 5.79. The number of amides is 2. The number of allylic oxidation sites excluding steroid dienone is 1. The van der Waals surface area contributed by atoms with E-state index in [0.717, 1.165) is 17.7 Å². The molecule has 0 bridgehead atoms. The first-order chi connectivity index (χ1) is 9.31. The standard InChI is InChI=1S/C14H16F2N2O2/c1-8(2)3-6-12(13(17)19)18-14(20)10-5-4-9(15)7-11(10)16/h3-5,7,12H,6H2,1-2H3,(H2,17,19)(H,18,20)/t12-/m1/s1. The Bertz CT molecular complexity index is 552. The third kappa shape index (κ3) is 4.46. The van der Waals surface area contributed by atoms with E-state index in [9.17, 15) is 18.4 Å². The van der Waals surface area contributed by atoms with Crippen LogP contribution in [0.4, 0.5) is 8.78 Å². The molecule has 0 heterocycles. The van der Waals surface area contributed by atoms with Crippen molar-refractivity contribution in [3.05, 3.63) is 47.0 Å². The van der Waals surface area contributed by atoms with Crippen molar-refractivity contribution in [2.75, 3.05) is 0 Å². The normalized spacial score (nSPS) is 11.6. The first kappa shape index (κ1) is 15.8. The monoisotopic (exact) mass is 282 g/mol. The van der Waals surface area contributed by atoms with Crippen LogP contribution in [0, 0.1) is 11.6 Å². The van der Waals surface area contributed by atoms with Gasteiger partial charge < -0.3 is 11.1 Å². The van der Waals surface area contributed by atoms with Gasteiger partial charge in [0, 0.05) is 6.07 Å². The molecule has 6 heteroatoms. The van der Waals surface area contributed by atoms with E-state index in [0.29, 0.717) is 6.07 Å². The summed E-state index contributed by atoms with van der Waals surface area (Å²) in [6.45, 7) is 3.67. The van der Waals surface area contributed by atoms with E-state index < -0.39 is 29.5 Å². The number of nitrogens with one attached hydrogen (secondary N) is 1. The zero-order valence-corrected chi connectivity index (χ0v) is 11.2. The van der Waals surface area contributed by atoms with Crippen molar-refractivity contribution in [2.45, 2.75) is 26.3 Å². The Balaban J connectivity index is 2.85. The van der Waals surface area contributed by atoms with Crippen molar-refractivity contribution in [2.24, 2.45) is 5.73 Å². The Morgan fingerprint density at radius 1 is 1.35 bits per heavy atom. The summed E-state index contributed by atoms with van der Waals surface area (Å²) in [5.74, 6) is -3.31. The molecule has 1 aromatic carbocycles. The maximum atomic E-state index is 13.4. The number of benzene rings is 1. The van der Waals surface area contributed by atoms with E-state index >= 15 is 0 Å². The Labute approximate surface area is 115 Å². The smallest absolute Gasteiger partial charge is 0.254 e. The number of nitrogens with two attached hydrogens (primary N) is 1. The highest BCUT2D eigenvalue weighted by Gasteiger charge is 2.20. The molecular weight excluding hydrogens is 266 g/mol. The Hall–Kier alpha value is -2.24. The molecule has 1 atom stereocenters. The summed E-state index contributed by atoms with van der Waals surface area (Å²) in [5, 5.41) is 2.33. The molecule has 0 spiro atoms. The van der Waals surface area contributed by atoms with Crippen molar-refractivity contribution in [1.29, 1.82) is 0 Å². The lowest BCUT2D eigenvalue weighted by atomic mass is 10.1. The van der Waals surface area contributed by atoms with Crippen molar-refractivity contribution in [3.63, 3.8) is 0 Å². The average molecular weight is 282 g/mol. The molecule has 0 aromatic heterocycles. The van der Waals surface area contributed by atoms with Crippen molar-refractivity contribution < 1.29 is 18.4 Å². The minimum atomic E-state index is -0.993. The molecule has 1 aromatic rings. The fraction of sp³-hybridized carbons (Fsp3) is 0.286. The quantitative estimate of drug-likeness (QED) is 0.810. The molecule has 0 unspecified atom stereocenters. The van der Waals surface area contributed by atoms with Gasteiger partial charge in [0.1, 0.15) is 17.7 Å². The molecule has 0 fully saturated rings. The van der Waals surface area contributed by atoms with Gasteiger partial charge >= 0.3 is 0 Å². The molecule has 3 N–H and O–H groups in total. The van der Waals surface area contributed by atoms with E-state index in [-0.39, 0.29) is 12.0 Å². The van der Waals surface area contributed by atoms with Gasteiger partial charge in [0.15, 0.2) is 0 Å². The summed E-state index contributed by atoms with van der Waals surface area (Å²) in [6.07, 6.45) is 1.95. The summed E-state index contributed by atoms with van der Waals surface area (Å²) < 4.78 is 26.2. The van der Waals surface area contributed by atoms with Crippen molar-refractivity contribution >= 4 is 11.8 Å². The SMILES string of the molecule is CC(C)=CC[C@@H](NC(=O)c1ccc(F)cc1F)C(N)=O. The molecule has 0 aliphatic carbocycles. The van der Waals surface area contributed by atoms with Gasteiger partial charge in [-0.1, -0.05) is 11.6 Å². The minimum Gasteiger partial charge on any atom is -0.368 e. The highest BCUT2D eigenvalue weighted by Crippen LogP contribution is 2.10. The van der Waals surface area contributed by atoms with Crippen LogP contribution >= 0.6 is 0 Å². The minimum absolute atomic E-state index is 0.215. The van der Waals surface area contributed by atoms with Crippen molar-refractivity contribution in [1.82, 2.24) is 5.32 Å². The zero-order chi connectivity index (χ0) is 15.3. The molecule has 20 heavy (non-hydrogen) atoms. The third-order valence-electron chi connectivity index (χ3n) is 2.59. The maximum Gasteiger partial charge on any atom is 0.254 e. The van der Waals surface area contributed by atoms with E-state index in [2.05, 4.69) is 5.32 Å². The van der Waals surface area contributed by atoms with E-state index in [1.165, 1.54) is 0 Å². The van der Waals surface area contributed by atoms with Crippen molar-refractivity contribution in [3.8, 4) is 0 Å².